The van der Waals surface area contributed by atoms with Crippen molar-refractivity contribution in [3.8, 4) is 0 Å². The van der Waals surface area contributed by atoms with Crippen LogP contribution in [0.25, 0.3) is 0 Å². The SMILES string of the molecule is CC1CCCCC1NC(=O)CN1CCc2ccccc2C1. The average Bonchev–Trinajstić information content (AvgIpc) is 2.49. The summed E-state index contributed by atoms with van der Waals surface area (Å²) in [5.74, 6) is 0.831. The van der Waals surface area contributed by atoms with Crippen LogP contribution in [0.15, 0.2) is 24.3 Å². The van der Waals surface area contributed by atoms with Crippen LogP contribution in [0.3, 0.4) is 0 Å². The normalized spacial score (nSPS) is 26.1. The van der Waals surface area contributed by atoms with Crippen molar-refractivity contribution in [2.24, 2.45) is 5.92 Å². The van der Waals surface area contributed by atoms with E-state index in [1.165, 1.54) is 30.4 Å². The zero-order chi connectivity index (χ0) is 14.7. The first-order valence-corrected chi connectivity index (χ1v) is 8.31. The van der Waals surface area contributed by atoms with Crippen LogP contribution in [0.1, 0.15) is 43.7 Å². The highest BCUT2D eigenvalue weighted by Gasteiger charge is 2.24. The number of hydrogen-bond donors (Lipinski definition) is 1. The van der Waals surface area contributed by atoms with E-state index in [2.05, 4.69) is 41.4 Å². The van der Waals surface area contributed by atoms with E-state index in [0.29, 0.717) is 18.5 Å². The van der Waals surface area contributed by atoms with Crippen molar-refractivity contribution in [3.05, 3.63) is 35.4 Å². The summed E-state index contributed by atoms with van der Waals surface area (Å²) < 4.78 is 0. The van der Waals surface area contributed by atoms with Crippen LogP contribution in [-0.4, -0.2) is 29.9 Å². The van der Waals surface area contributed by atoms with Gasteiger partial charge in [-0.05, 0) is 36.3 Å². The van der Waals surface area contributed by atoms with Crippen molar-refractivity contribution in [3.63, 3.8) is 0 Å². The number of amides is 1. The number of benzene rings is 1. The van der Waals surface area contributed by atoms with E-state index < -0.39 is 0 Å². The fourth-order valence-electron chi connectivity index (χ4n) is 3.68. The number of carbonyl (C=O) groups excluding carboxylic acids is 1. The first-order chi connectivity index (χ1) is 10.2. The smallest absolute Gasteiger partial charge is 0.234 e. The van der Waals surface area contributed by atoms with Gasteiger partial charge in [-0.15, -0.1) is 0 Å². The Morgan fingerprint density at radius 3 is 2.81 bits per heavy atom. The second-order valence-corrected chi connectivity index (χ2v) is 6.67. The van der Waals surface area contributed by atoms with Crippen LogP contribution in [0, 0.1) is 5.92 Å². The molecule has 1 amide bonds. The summed E-state index contributed by atoms with van der Waals surface area (Å²) in [7, 11) is 0. The maximum atomic E-state index is 12.3. The van der Waals surface area contributed by atoms with Crippen LogP contribution in [0.2, 0.25) is 0 Å². The number of nitrogens with one attached hydrogen (secondary N) is 1. The lowest BCUT2D eigenvalue weighted by Crippen LogP contribution is -2.46. The Balaban J connectivity index is 1.52. The van der Waals surface area contributed by atoms with Crippen LogP contribution in [0.4, 0.5) is 0 Å². The minimum atomic E-state index is 0.202. The molecule has 0 saturated heterocycles. The van der Waals surface area contributed by atoms with Gasteiger partial charge in [0, 0.05) is 19.1 Å². The molecule has 1 saturated carbocycles. The molecule has 2 atom stereocenters. The largest absolute Gasteiger partial charge is 0.352 e. The Bertz CT molecular complexity index is 500. The zero-order valence-corrected chi connectivity index (χ0v) is 13.0. The molecule has 0 spiro atoms. The second-order valence-electron chi connectivity index (χ2n) is 6.67. The summed E-state index contributed by atoms with van der Waals surface area (Å²) in [6.45, 7) is 4.70. The molecule has 1 aliphatic carbocycles. The van der Waals surface area contributed by atoms with Crippen LogP contribution in [-0.2, 0) is 17.8 Å². The van der Waals surface area contributed by atoms with Gasteiger partial charge in [0.25, 0.3) is 0 Å². The molecular formula is C18H26N2O. The third kappa shape index (κ3) is 3.65. The molecule has 2 unspecified atom stereocenters. The Hall–Kier alpha value is -1.35. The van der Waals surface area contributed by atoms with Crippen molar-refractivity contribution < 1.29 is 4.79 Å². The van der Waals surface area contributed by atoms with E-state index in [1.54, 1.807) is 0 Å². The highest BCUT2D eigenvalue weighted by atomic mass is 16.2. The zero-order valence-electron chi connectivity index (χ0n) is 13.0. The predicted octanol–water partition coefficient (Wildman–Crippen LogP) is 2.74. The average molecular weight is 286 g/mol. The Labute approximate surface area is 127 Å². The predicted molar refractivity (Wildman–Crippen MR) is 85.0 cm³/mol. The van der Waals surface area contributed by atoms with Gasteiger partial charge in [0.1, 0.15) is 0 Å². The molecule has 1 aromatic rings. The van der Waals surface area contributed by atoms with Crippen molar-refractivity contribution in [2.45, 2.75) is 51.6 Å². The summed E-state index contributed by atoms with van der Waals surface area (Å²) >= 11 is 0. The summed E-state index contributed by atoms with van der Waals surface area (Å²) in [6, 6.07) is 8.97. The molecule has 114 valence electrons. The molecule has 3 nitrogen and oxygen atoms in total. The molecule has 0 radical (unpaired) electrons. The molecule has 1 aliphatic heterocycles. The van der Waals surface area contributed by atoms with Gasteiger partial charge in [-0.1, -0.05) is 44.0 Å². The monoisotopic (exact) mass is 286 g/mol. The number of rotatable bonds is 3. The van der Waals surface area contributed by atoms with Crippen LogP contribution < -0.4 is 5.32 Å². The molecule has 21 heavy (non-hydrogen) atoms. The van der Waals surface area contributed by atoms with E-state index >= 15 is 0 Å². The molecule has 3 heteroatoms. The van der Waals surface area contributed by atoms with Crippen LogP contribution in [0.5, 0.6) is 0 Å². The Morgan fingerprint density at radius 1 is 1.24 bits per heavy atom. The molecule has 2 aliphatic rings. The Kier molecular flexibility index (Phi) is 4.59. The van der Waals surface area contributed by atoms with Gasteiger partial charge in [-0.2, -0.15) is 0 Å². The van der Waals surface area contributed by atoms with Crippen molar-refractivity contribution in [1.82, 2.24) is 10.2 Å². The van der Waals surface area contributed by atoms with Gasteiger partial charge in [-0.25, -0.2) is 0 Å². The fraction of sp³-hybridized carbons (Fsp3) is 0.611. The van der Waals surface area contributed by atoms with Gasteiger partial charge in [0.2, 0.25) is 5.91 Å². The van der Waals surface area contributed by atoms with Crippen LogP contribution >= 0.6 is 0 Å². The molecule has 0 bridgehead atoms. The topological polar surface area (TPSA) is 32.3 Å². The van der Waals surface area contributed by atoms with E-state index in [1.807, 2.05) is 0 Å². The highest BCUT2D eigenvalue weighted by Crippen LogP contribution is 2.24. The van der Waals surface area contributed by atoms with Crippen molar-refractivity contribution in [1.29, 1.82) is 0 Å². The third-order valence-electron chi connectivity index (χ3n) is 5.03. The lowest BCUT2D eigenvalue weighted by atomic mass is 9.86. The van der Waals surface area contributed by atoms with Gasteiger partial charge in [-0.3, -0.25) is 9.69 Å². The number of carbonyl (C=O) groups is 1. The lowest BCUT2D eigenvalue weighted by molar-refractivity contribution is -0.123. The molecule has 1 N–H and O–H groups in total. The number of hydrogen-bond acceptors (Lipinski definition) is 2. The van der Waals surface area contributed by atoms with Crippen molar-refractivity contribution in [2.75, 3.05) is 13.1 Å². The molecule has 0 aromatic heterocycles. The summed E-state index contributed by atoms with van der Waals surface area (Å²) in [4.78, 5) is 14.6. The second kappa shape index (κ2) is 6.61. The maximum absolute atomic E-state index is 12.3. The standard InChI is InChI=1S/C18H26N2O/c1-14-6-2-5-9-17(14)19-18(21)13-20-11-10-15-7-3-4-8-16(15)12-20/h3-4,7-8,14,17H,2,5-6,9-13H2,1H3,(H,19,21). The van der Waals surface area contributed by atoms with Gasteiger partial charge >= 0.3 is 0 Å². The van der Waals surface area contributed by atoms with Gasteiger partial charge in [0.05, 0.1) is 6.54 Å². The van der Waals surface area contributed by atoms with E-state index in [0.717, 1.165) is 25.9 Å². The first kappa shape index (κ1) is 14.6. The van der Waals surface area contributed by atoms with Crippen molar-refractivity contribution >= 4 is 5.91 Å². The highest BCUT2D eigenvalue weighted by molar-refractivity contribution is 5.78. The fourth-order valence-corrected chi connectivity index (χ4v) is 3.68. The van der Waals surface area contributed by atoms with Gasteiger partial charge < -0.3 is 5.32 Å². The number of nitrogens with zero attached hydrogens (tertiary/aromatic N) is 1. The third-order valence-corrected chi connectivity index (χ3v) is 5.03. The molecule has 1 heterocycles. The summed E-state index contributed by atoms with van der Waals surface area (Å²) in [6.07, 6.45) is 6.03. The van der Waals surface area contributed by atoms with E-state index in [9.17, 15) is 4.79 Å². The molecule has 3 rings (SSSR count). The van der Waals surface area contributed by atoms with E-state index in [-0.39, 0.29) is 5.91 Å². The van der Waals surface area contributed by atoms with Gasteiger partial charge in [0.15, 0.2) is 0 Å². The number of fused-ring (bicyclic) bond motifs is 1. The summed E-state index contributed by atoms with van der Waals surface area (Å²) in [5.41, 5.74) is 2.82. The lowest BCUT2D eigenvalue weighted by Gasteiger charge is -2.32. The van der Waals surface area contributed by atoms with E-state index in [4.69, 9.17) is 0 Å². The minimum Gasteiger partial charge on any atom is -0.352 e. The summed E-state index contributed by atoms with van der Waals surface area (Å²) in [5, 5.41) is 3.26. The minimum absolute atomic E-state index is 0.202. The molecule has 1 fully saturated rings. The quantitative estimate of drug-likeness (QED) is 0.926. The maximum Gasteiger partial charge on any atom is 0.234 e. The Morgan fingerprint density at radius 2 is 2.00 bits per heavy atom. The first-order valence-electron chi connectivity index (χ1n) is 8.31. The molecule has 1 aromatic carbocycles. The molecular weight excluding hydrogens is 260 g/mol.